The van der Waals surface area contributed by atoms with Crippen molar-refractivity contribution in [2.24, 2.45) is 11.5 Å². The van der Waals surface area contributed by atoms with Crippen LogP contribution in [-0.4, -0.2) is 11.7 Å². The molecule has 0 fully saturated rings. The summed E-state index contributed by atoms with van der Waals surface area (Å²) >= 11 is 0. The number of nitrogens with two attached hydrogens (primary N) is 2. The average Bonchev–Trinajstić information content (AvgIpc) is 2.57. The van der Waals surface area contributed by atoms with Crippen LogP contribution >= 0.6 is 0 Å². The van der Waals surface area contributed by atoms with Crippen molar-refractivity contribution in [3.8, 4) is 11.1 Å². The summed E-state index contributed by atoms with van der Waals surface area (Å²) in [4.78, 5) is 0. The zero-order valence-electron chi connectivity index (χ0n) is 16.0. The molecule has 0 saturated heterocycles. The molecule has 26 heavy (non-hydrogen) atoms. The monoisotopic (exact) mass is 350 g/mol. The zero-order chi connectivity index (χ0) is 19.3. The zero-order valence-corrected chi connectivity index (χ0v) is 16.0. The molecule has 2 rings (SSSR count). The van der Waals surface area contributed by atoms with Crippen LogP contribution in [0.25, 0.3) is 11.1 Å². The van der Waals surface area contributed by atoms with E-state index in [2.05, 4.69) is 63.2 Å². The van der Waals surface area contributed by atoms with Gasteiger partial charge in [-0.3, -0.25) is 10.8 Å². The van der Waals surface area contributed by atoms with Crippen molar-refractivity contribution < 1.29 is 0 Å². The number of amidine groups is 2. The van der Waals surface area contributed by atoms with Crippen molar-refractivity contribution in [2.75, 3.05) is 0 Å². The molecule has 0 aromatic heterocycles. The summed E-state index contributed by atoms with van der Waals surface area (Å²) in [5.41, 5.74) is 17.1. The Hall–Kier alpha value is -2.62. The van der Waals surface area contributed by atoms with Crippen molar-refractivity contribution in [2.45, 2.75) is 51.9 Å². The number of nitrogens with one attached hydrogen (secondary N) is 2. The van der Waals surface area contributed by atoms with Gasteiger partial charge >= 0.3 is 0 Å². The van der Waals surface area contributed by atoms with Gasteiger partial charge in [-0.15, -0.1) is 0 Å². The Balaban J connectivity index is 2.35. The van der Waals surface area contributed by atoms with Gasteiger partial charge < -0.3 is 11.5 Å². The second-order valence-corrected chi connectivity index (χ2v) is 7.92. The van der Waals surface area contributed by atoms with Gasteiger partial charge in [-0.25, -0.2) is 0 Å². The van der Waals surface area contributed by atoms with Crippen LogP contribution in [0, 0.1) is 10.8 Å². The van der Waals surface area contributed by atoms with E-state index in [-0.39, 0.29) is 17.1 Å². The number of benzene rings is 2. The fourth-order valence-electron chi connectivity index (χ4n) is 2.94. The molecular weight excluding hydrogens is 320 g/mol. The Morgan fingerprint density at radius 2 is 1.23 bits per heavy atom. The predicted molar refractivity (Wildman–Crippen MR) is 111 cm³/mol. The van der Waals surface area contributed by atoms with Gasteiger partial charge in [0.1, 0.15) is 0 Å². The van der Waals surface area contributed by atoms with Crippen LogP contribution in [0.15, 0.2) is 42.5 Å². The van der Waals surface area contributed by atoms with Crippen LogP contribution < -0.4 is 11.5 Å². The molecular formula is C22H30N4. The molecule has 0 heterocycles. The topological polar surface area (TPSA) is 99.7 Å². The number of rotatable bonds is 7. The van der Waals surface area contributed by atoms with Gasteiger partial charge in [-0.2, -0.15) is 0 Å². The summed E-state index contributed by atoms with van der Waals surface area (Å²) in [5, 5.41) is 14.9. The molecule has 0 radical (unpaired) electrons. The smallest absolute Gasteiger partial charge is 0.0908 e. The minimum absolute atomic E-state index is 0.133. The molecule has 2 aromatic rings. The molecule has 4 nitrogen and oxygen atoms in total. The molecule has 0 bridgehead atoms. The van der Waals surface area contributed by atoms with E-state index in [1.54, 1.807) is 0 Å². The van der Waals surface area contributed by atoms with E-state index in [0.717, 1.165) is 29.5 Å². The highest BCUT2D eigenvalue weighted by Gasteiger charge is 2.13. The van der Waals surface area contributed by atoms with Crippen LogP contribution in [0.1, 0.15) is 50.3 Å². The Morgan fingerprint density at radius 1 is 0.769 bits per heavy atom. The molecule has 6 N–H and O–H groups in total. The van der Waals surface area contributed by atoms with Crippen molar-refractivity contribution in [1.82, 2.24) is 0 Å². The molecule has 0 amide bonds. The molecule has 0 aliphatic rings. The summed E-state index contributed by atoms with van der Waals surface area (Å²) in [7, 11) is 0. The third-order valence-electron chi connectivity index (χ3n) is 4.50. The first-order valence-electron chi connectivity index (χ1n) is 9.04. The number of hydrogen-bond donors (Lipinski definition) is 4. The molecule has 138 valence electrons. The lowest BCUT2D eigenvalue weighted by Gasteiger charge is -2.19. The molecule has 4 heteroatoms. The van der Waals surface area contributed by atoms with Crippen molar-refractivity contribution >= 4 is 11.7 Å². The van der Waals surface area contributed by atoms with Crippen LogP contribution in [0.4, 0.5) is 0 Å². The van der Waals surface area contributed by atoms with E-state index < -0.39 is 0 Å². The van der Waals surface area contributed by atoms with Crippen LogP contribution in [-0.2, 0) is 18.3 Å². The lowest BCUT2D eigenvalue weighted by atomic mass is 9.86. The van der Waals surface area contributed by atoms with Gasteiger partial charge in [0.25, 0.3) is 0 Å². The lowest BCUT2D eigenvalue weighted by Crippen LogP contribution is -2.11. The Bertz CT molecular complexity index is 747. The third-order valence-corrected chi connectivity index (χ3v) is 4.50. The van der Waals surface area contributed by atoms with Gasteiger partial charge in [0.05, 0.1) is 11.7 Å². The molecule has 0 atom stereocenters. The SMILES string of the molecule is CC(C)(C)c1ccc(-c2cc(CCC(=N)N)cc(CCC(=N)N)c2)cc1. The number of hydrogen-bond acceptors (Lipinski definition) is 2. The first-order chi connectivity index (χ1) is 12.1. The maximum absolute atomic E-state index is 7.47. The quantitative estimate of drug-likeness (QED) is 0.440. The summed E-state index contributed by atoms with van der Waals surface area (Å²) in [5.74, 6) is 0.408. The standard InChI is InChI=1S/C22H30N4/c1-22(2,3)19-8-6-17(7-9-19)18-13-15(4-10-20(23)24)12-16(14-18)5-11-21(25)26/h6-9,12-14H,4-5,10-11H2,1-3H3,(H3,23,24)(H3,25,26). The lowest BCUT2D eigenvalue weighted by molar-refractivity contribution is 0.590. The van der Waals surface area contributed by atoms with Crippen molar-refractivity contribution in [3.05, 3.63) is 59.2 Å². The summed E-state index contributed by atoms with van der Waals surface area (Å²) in [6.45, 7) is 6.64. The van der Waals surface area contributed by atoms with Crippen molar-refractivity contribution in [3.63, 3.8) is 0 Å². The normalized spacial score (nSPS) is 11.3. The van der Waals surface area contributed by atoms with E-state index in [9.17, 15) is 0 Å². The van der Waals surface area contributed by atoms with E-state index in [1.165, 1.54) is 11.1 Å². The van der Waals surface area contributed by atoms with Crippen LogP contribution in [0.3, 0.4) is 0 Å². The van der Waals surface area contributed by atoms with Gasteiger partial charge in [-0.1, -0.05) is 63.2 Å². The summed E-state index contributed by atoms with van der Waals surface area (Å²) in [6, 6.07) is 15.2. The maximum Gasteiger partial charge on any atom is 0.0908 e. The minimum atomic E-state index is 0.133. The van der Waals surface area contributed by atoms with Crippen molar-refractivity contribution in [1.29, 1.82) is 10.8 Å². The Kier molecular flexibility index (Phi) is 6.19. The Morgan fingerprint density at radius 3 is 1.62 bits per heavy atom. The highest BCUT2D eigenvalue weighted by molar-refractivity contribution is 5.78. The highest BCUT2D eigenvalue weighted by atomic mass is 14.7. The predicted octanol–water partition coefficient (Wildman–Crippen LogP) is 4.39. The molecule has 0 spiro atoms. The molecule has 0 aliphatic heterocycles. The minimum Gasteiger partial charge on any atom is -0.388 e. The molecule has 0 aliphatic carbocycles. The Labute approximate surface area is 156 Å². The van der Waals surface area contributed by atoms with E-state index >= 15 is 0 Å². The summed E-state index contributed by atoms with van der Waals surface area (Å²) < 4.78 is 0. The molecule has 2 aromatic carbocycles. The van der Waals surface area contributed by atoms with Crippen LogP contribution in [0.5, 0.6) is 0 Å². The fraction of sp³-hybridized carbons (Fsp3) is 0.364. The highest BCUT2D eigenvalue weighted by Crippen LogP contribution is 2.28. The average molecular weight is 351 g/mol. The van der Waals surface area contributed by atoms with Gasteiger partial charge in [0.15, 0.2) is 0 Å². The van der Waals surface area contributed by atoms with E-state index in [1.807, 2.05) is 0 Å². The van der Waals surface area contributed by atoms with Gasteiger partial charge in [0, 0.05) is 12.8 Å². The van der Waals surface area contributed by atoms with Gasteiger partial charge in [-0.05, 0) is 46.1 Å². The molecule has 0 unspecified atom stereocenters. The van der Waals surface area contributed by atoms with E-state index in [0.29, 0.717) is 12.8 Å². The first kappa shape index (κ1) is 19.7. The fourth-order valence-corrected chi connectivity index (χ4v) is 2.94. The van der Waals surface area contributed by atoms with E-state index in [4.69, 9.17) is 22.3 Å². The van der Waals surface area contributed by atoms with Crippen LogP contribution in [0.2, 0.25) is 0 Å². The molecule has 0 saturated carbocycles. The number of aryl methyl sites for hydroxylation is 2. The maximum atomic E-state index is 7.47. The second kappa shape index (κ2) is 8.17. The summed E-state index contributed by atoms with van der Waals surface area (Å²) in [6.07, 6.45) is 2.60. The second-order valence-electron chi connectivity index (χ2n) is 7.92. The first-order valence-corrected chi connectivity index (χ1v) is 9.04. The third kappa shape index (κ3) is 5.73. The van der Waals surface area contributed by atoms with Gasteiger partial charge in [0.2, 0.25) is 0 Å². The largest absolute Gasteiger partial charge is 0.388 e.